The van der Waals surface area contributed by atoms with Crippen LogP contribution in [0, 0.1) is 6.92 Å². The molecular formula is C18H20ClNO3. The molecule has 0 radical (unpaired) electrons. The van der Waals surface area contributed by atoms with Crippen LogP contribution in [0.4, 0.5) is 0 Å². The average molecular weight is 334 g/mol. The van der Waals surface area contributed by atoms with Crippen LogP contribution in [-0.4, -0.2) is 25.7 Å². The predicted octanol–water partition coefficient (Wildman–Crippen LogP) is 3.86. The topological polar surface area (TPSA) is 47.6 Å². The summed E-state index contributed by atoms with van der Waals surface area (Å²) in [4.78, 5) is 12.1. The molecule has 0 bridgehead atoms. The number of carbonyl (C=O) groups is 1. The maximum Gasteiger partial charge on any atom is 0.251 e. The standard InChI is InChI=1S/C18H20ClNO3/c1-3-22-17-8-7-14(12-16(17)19)18(21)20-9-10-23-15-6-4-5-13(2)11-15/h4-8,11-12H,3,9-10H2,1-2H3,(H,20,21). The Morgan fingerprint density at radius 3 is 2.70 bits per heavy atom. The first kappa shape index (κ1) is 17.2. The van der Waals surface area contributed by atoms with Gasteiger partial charge in [0.15, 0.2) is 0 Å². The summed E-state index contributed by atoms with van der Waals surface area (Å²) < 4.78 is 10.9. The van der Waals surface area contributed by atoms with Gasteiger partial charge in [0.1, 0.15) is 18.1 Å². The quantitative estimate of drug-likeness (QED) is 0.783. The van der Waals surface area contributed by atoms with Gasteiger partial charge in [-0.2, -0.15) is 0 Å². The van der Waals surface area contributed by atoms with E-state index in [0.717, 1.165) is 11.3 Å². The van der Waals surface area contributed by atoms with Crippen LogP contribution < -0.4 is 14.8 Å². The Labute approximate surface area is 141 Å². The third-order valence-electron chi connectivity index (χ3n) is 3.14. The van der Waals surface area contributed by atoms with E-state index >= 15 is 0 Å². The van der Waals surface area contributed by atoms with Crippen molar-refractivity contribution in [1.29, 1.82) is 0 Å². The van der Waals surface area contributed by atoms with Gasteiger partial charge in [0.25, 0.3) is 5.91 Å². The fourth-order valence-electron chi connectivity index (χ4n) is 2.06. The third-order valence-corrected chi connectivity index (χ3v) is 3.44. The Hall–Kier alpha value is -2.20. The summed E-state index contributed by atoms with van der Waals surface area (Å²) in [5, 5.41) is 3.23. The number of halogens is 1. The van der Waals surface area contributed by atoms with Crippen LogP contribution in [0.15, 0.2) is 42.5 Å². The van der Waals surface area contributed by atoms with Gasteiger partial charge < -0.3 is 14.8 Å². The lowest BCUT2D eigenvalue weighted by molar-refractivity contribution is 0.0947. The maximum atomic E-state index is 12.1. The Kier molecular flexibility index (Phi) is 6.29. The molecule has 4 nitrogen and oxygen atoms in total. The zero-order valence-corrected chi connectivity index (χ0v) is 14.0. The fraction of sp³-hybridized carbons (Fsp3) is 0.278. The second kappa shape index (κ2) is 8.44. The van der Waals surface area contributed by atoms with Crippen molar-refractivity contribution in [2.75, 3.05) is 19.8 Å². The molecule has 0 saturated heterocycles. The summed E-state index contributed by atoms with van der Waals surface area (Å²) in [6, 6.07) is 12.8. The van der Waals surface area contributed by atoms with Crippen LogP contribution in [0.1, 0.15) is 22.8 Å². The summed E-state index contributed by atoms with van der Waals surface area (Å²) in [7, 11) is 0. The van der Waals surface area contributed by atoms with Crippen molar-refractivity contribution in [2.45, 2.75) is 13.8 Å². The van der Waals surface area contributed by atoms with Gasteiger partial charge in [0.2, 0.25) is 0 Å². The van der Waals surface area contributed by atoms with E-state index in [4.69, 9.17) is 21.1 Å². The second-order valence-electron chi connectivity index (χ2n) is 5.00. The van der Waals surface area contributed by atoms with Gasteiger partial charge in [-0.3, -0.25) is 4.79 Å². The van der Waals surface area contributed by atoms with E-state index in [9.17, 15) is 4.79 Å². The number of amides is 1. The summed E-state index contributed by atoms with van der Waals surface area (Å²) in [5.41, 5.74) is 1.63. The molecular weight excluding hydrogens is 314 g/mol. The summed E-state index contributed by atoms with van der Waals surface area (Å²) in [6.45, 7) is 5.23. The molecule has 2 rings (SSSR count). The molecule has 2 aromatic rings. The third kappa shape index (κ3) is 5.18. The largest absolute Gasteiger partial charge is 0.492 e. The first-order valence-corrected chi connectivity index (χ1v) is 7.88. The molecule has 0 spiro atoms. The van der Waals surface area contributed by atoms with Gasteiger partial charge in [0.05, 0.1) is 18.2 Å². The molecule has 2 aromatic carbocycles. The van der Waals surface area contributed by atoms with E-state index in [-0.39, 0.29) is 5.91 Å². The van der Waals surface area contributed by atoms with Gasteiger partial charge in [-0.05, 0) is 49.7 Å². The van der Waals surface area contributed by atoms with E-state index in [1.54, 1.807) is 18.2 Å². The number of benzene rings is 2. The van der Waals surface area contributed by atoms with Gasteiger partial charge in [-0.15, -0.1) is 0 Å². The van der Waals surface area contributed by atoms with Crippen molar-refractivity contribution >= 4 is 17.5 Å². The summed E-state index contributed by atoms with van der Waals surface area (Å²) >= 11 is 6.08. The summed E-state index contributed by atoms with van der Waals surface area (Å²) in [5.74, 6) is 1.18. The number of carbonyl (C=O) groups excluding carboxylic acids is 1. The molecule has 0 fully saturated rings. The molecule has 0 aliphatic carbocycles. The van der Waals surface area contributed by atoms with Crippen LogP contribution in [0.3, 0.4) is 0 Å². The maximum absolute atomic E-state index is 12.1. The average Bonchev–Trinajstić information content (AvgIpc) is 2.53. The normalized spacial score (nSPS) is 10.2. The van der Waals surface area contributed by atoms with E-state index in [2.05, 4.69) is 5.32 Å². The van der Waals surface area contributed by atoms with E-state index in [1.807, 2.05) is 38.1 Å². The Bertz CT molecular complexity index is 673. The molecule has 122 valence electrons. The molecule has 0 saturated carbocycles. The minimum atomic E-state index is -0.192. The van der Waals surface area contributed by atoms with Crippen molar-refractivity contribution in [3.8, 4) is 11.5 Å². The number of hydrogen-bond donors (Lipinski definition) is 1. The lowest BCUT2D eigenvalue weighted by Gasteiger charge is -2.10. The van der Waals surface area contributed by atoms with E-state index in [0.29, 0.717) is 36.1 Å². The minimum absolute atomic E-state index is 0.192. The van der Waals surface area contributed by atoms with E-state index < -0.39 is 0 Å². The predicted molar refractivity (Wildman–Crippen MR) is 91.6 cm³/mol. The number of ether oxygens (including phenoxy) is 2. The van der Waals surface area contributed by atoms with Gasteiger partial charge in [-0.25, -0.2) is 0 Å². The van der Waals surface area contributed by atoms with Crippen LogP contribution in [0.5, 0.6) is 11.5 Å². The fourth-order valence-corrected chi connectivity index (χ4v) is 2.29. The molecule has 5 heteroatoms. The van der Waals surface area contributed by atoms with Crippen LogP contribution in [0.2, 0.25) is 5.02 Å². The van der Waals surface area contributed by atoms with E-state index in [1.165, 1.54) is 0 Å². The van der Waals surface area contributed by atoms with Gasteiger partial charge >= 0.3 is 0 Å². The van der Waals surface area contributed by atoms with Crippen LogP contribution in [-0.2, 0) is 0 Å². The van der Waals surface area contributed by atoms with Crippen molar-refractivity contribution in [1.82, 2.24) is 5.32 Å². The highest BCUT2D eigenvalue weighted by molar-refractivity contribution is 6.32. The molecule has 0 aliphatic heterocycles. The molecule has 0 aliphatic rings. The molecule has 1 amide bonds. The first-order valence-electron chi connectivity index (χ1n) is 7.50. The molecule has 0 unspecified atom stereocenters. The molecule has 0 aromatic heterocycles. The van der Waals surface area contributed by atoms with Crippen molar-refractivity contribution < 1.29 is 14.3 Å². The molecule has 1 N–H and O–H groups in total. The lowest BCUT2D eigenvalue weighted by atomic mass is 10.2. The number of rotatable bonds is 7. The van der Waals surface area contributed by atoms with Crippen molar-refractivity contribution in [3.63, 3.8) is 0 Å². The Morgan fingerprint density at radius 1 is 1.17 bits per heavy atom. The molecule has 0 heterocycles. The highest BCUT2D eigenvalue weighted by Gasteiger charge is 2.09. The smallest absolute Gasteiger partial charge is 0.251 e. The highest BCUT2D eigenvalue weighted by Crippen LogP contribution is 2.25. The molecule has 23 heavy (non-hydrogen) atoms. The SMILES string of the molecule is CCOc1ccc(C(=O)NCCOc2cccc(C)c2)cc1Cl. The van der Waals surface area contributed by atoms with Crippen LogP contribution in [0.25, 0.3) is 0 Å². The van der Waals surface area contributed by atoms with Gasteiger partial charge in [-0.1, -0.05) is 23.7 Å². The monoisotopic (exact) mass is 333 g/mol. The number of aryl methyl sites for hydroxylation is 1. The summed E-state index contributed by atoms with van der Waals surface area (Å²) in [6.07, 6.45) is 0. The van der Waals surface area contributed by atoms with Crippen molar-refractivity contribution in [3.05, 3.63) is 58.6 Å². The number of hydrogen-bond acceptors (Lipinski definition) is 3. The van der Waals surface area contributed by atoms with Crippen molar-refractivity contribution in [2.24, 2.45) is 0 Å². The first-order chi connectivity index (χ1) is 11.1. The highest BCUT2D eigenvalue weighted by atomic mass is 35.5. The number of nitrogens with one attached hydrogen (secondary N) is 1. The second-order valence-corrected chi connectivity index (χ2v) is 5.41. The zero-order chi connectivity index (χ0) is 16.7. The Morgan fingerprint density at radius 2 is 2.00 bits per heavy atom. The van der Waals surface area contributed by atoms with Crippen LogP contribution >= 0.6 is 11.6 Å². The zero-order valence-electron chi connectivity index (χ0n) is 13.3. The molecule has 0 atom stereocenters. The van der Waals surface area contributed by atoms with Gasteiger partial charge in [0, 0.05) is 5.56 Å². The lowest BCUT2D eigenvalue weighted by Crippen LogP contribution is -2.28. The minimum Gasteiger partial charge on any atom is -0.492 e. The Balaban J connectivity index is 1.81.